The Bertz CT molecular complexity index is 1340. The fraction of sp³-hybridized carbons (Fsp3) is 0.896. The van der Waals surface area contributed by atoms with Crippen LogP contribution in [0.15, 0.2) is 36.5 Å². The lowest BCUT2D eigenvalue weighted by Crippen LogP contribution is -2.45. The van der Waals surface area contributed by atoms with E-state index in [0.717, 1.165) is 51.4 Å². The van der Waals surface area contributed by atoms with Gasteiger partial charge in [-0.05, 0) is 83.5 Å². The molecule has 0 heterocycles. The summed E-state index contributed by atoms with van der Waals surface area (Å²) in [5.74, 6) is -0.0190. The van der Waals surface area contributed by atoms with Gasteiger partial charge in [0.2, 0.25) is 5.91 Å². The van der Waals surface area contributed by atoms with Crippen LogP contribution in [0, 0.1) is 0 Å². The van der Waals surface area contributed by atoms with Gasteiger partial charge in [-0.15, -0.1) is 0 Å². The molecule has 0 aliphatic rings. The minimum Gasteiger partial charge on any atom is -0.466 e. The second kappa shape index (κ2) is 72.6. The van der Waals surface area contributed by atoms with Crippen LogP contribution < -0.4 is 5.32 Å². The SMILES string of the molecule is CCCCCC/C=C\CCCCCCCC(=O)OCCCCCCCCCCCCCCC/C=C\C/C=C\CCCCCCCCCCCCCCCCCCCC(=O)NC(CO)C(O)CCCCCCCCCCCCCCCCCC. The number of amides is 1. The molecule has 0 bridgehead atoms. The molecule has 2 unspecified atom stereocenters. The van der Waals surface area contributed by atoms with Crippen molar-refractivity contribution in [1.29, 1.82) is 0 Å². The molecule has 0 fully saturated rings. The van der Waals surface area contributed by atoms with Crippen LogP contribution in [0.1, 0.15) is 418 Å². The predicted molar refractivity (Wildman–Crippen MR) is 366 cm³/mol. The first-order valence-corrected chi connectivity index (χ1v) is 37.7. The third-order valence-electron chi connectivity index (χ3n) is 17.7. The number of esters is 1. The van der Waals surface area contributed by atoms with Crippen molar-refractivity contribution >= 4 is 11.9 Å². The molecule has 3 N–H and O–H groups in total. The van der Waals surface area contributed by atoms with Crippen LogP contribution >= 0.6 is 0 Å². The minimum absolute atomic E-state index is 0.00988. The molecule has 0 aromatic carbocycles. The summed E-state index contributed by atoms with van der Waals surface area (Å²) < 4.78 is 5.48. The van der Waals surface area contributed by atoms with Gasteiger partial charge in [0, 0.05) is 12.8 Å². The molecule has 83 heavy (non-hydrogen) atoms. The molecule has 490 valence electrons. The number of hydrogen-bond donors (Lipinski definition) is 3. The van der Waals surface area contributed by atoms with Gasteiger partial charge in [-0.1, -0.05) is 359 Å². The van der Waals surface area contributed by atoms with Crippen LogP contribution in [0.2, 0.25) is 0 Å². The zero-order chi connectivity index (χ0) is 59.9. The van der Waals surface area contributed by atoms with Crippen LogP contribution in [-0.2, 0) is 14.3 Å². The zero-order valence-corrected chi connectivity index (χ0v) is 56.2. The molecule has 1 amide bonds. The summed E-state index contributed by atoms with van der Waals surface area (Å²) in [6.07, 6.45) is 93.7. The number of ether oxygens (including phenoxy) is 1. The summed E-state index contributed by atoms with van der Waals surface area (Å²) in [7, 11) is 0. The number of rotatable bonds is 71. The summed E-state index contributed by atoms with van der Waals surface area (Å²) in [4.78, 5) is 24.6. The van der Waals surface area contributed by atoms with E-state index in [9.17, 15) is 19.8 Å². The monoisotopic (exact) mass is 1170 g/mol. The van der Waals surface area contributed by atoms with E-state index in [1.54, 1.807) is 0 Å². The molecule has 0 aromatic heterocycles. The molecule has 0 spiro atoms. The first-order valence-electron chi connectivity index (χ1n) is 37.7. The summed E-state index contributed by atoms with van der Waals surface area (Å²) in [5.41, 5.74) is 0. The van der Waals surface area contributed by atoms with Gasteiger partial charge in [0.25, 0.3) is 0 Å². The molecule has 0 rings (SSSR count). The molecule has 6 nitrogen and oxygen atoms in total. The number of unbranched alkanes of at least 4 members (excludes halogenated alkanes) is 54. The number of allylic oxidation sites excluding steroid dienone is 6. The zero-order valence-electron chi connectivity index (χ0n) is 56.2. The van der Waals surface area contributed by atoms with Crippen molar-refractivity contribution in [3.8, 4) is 0 Å². The second-order valence-corrected chi connectivity index (χ2v) is 26.0. The highest BCUT2D eigenvalue weighted by molar-refractivity contribution is 5.76. The van der Waals surface area contributed by atoms with Gasteiger partial charge in [-0.25, -0.2) is 0 Å². The van der Waals surface area contributed by atoms with E-state index in [1.165, 1.54) is 334 Å². The quantitative estimate of drug-likeness (QED) is 0.0320. The first kappa shape index (κ1) is 81.1. The molecule has 0 aliphatic heterocycles. The van der Waals surface area contributed by atoms with E-state index in [2.05, 4.69) is 55.6 Å². The molecule has 0 radical (unpaired) electrons. The lowest BCUT2D eigenvalue weighted by Gasteiger charge is -2.22. The Balaban J connectivity index is 3.36. The smallest absolute Gasteiger partial charge is 0.305 e. The Morgan fingerprint density at radius 3 is 0.940 bits per heavy atom. The van der Waals surface area contributed by atoms with Crippen molar-refractivity contribution in [2.45, 2.75) is 431 Å². The molecule has 0 aromatic rings. The molecular formula is C77H147NO5. The summed E-state index contributed by atoms with van der Waals surface area (Å²) in [6.45, 7) is 4.97. The lowest BCUT2D eigenvalue weighted by atomic mass is 10.0. The summed E-state index contributed by atoms with van der Waals surface area (Å²) >= 11 is 0. The highest BCUT2D eigenvalue weighted by atomic mass is 16.5. The highest BCUT2D eigenvalue weighted by Gasteiger charge is 2.20. The maximum Gasteiger partial charge on any atom is 0.305 e. The van der Waals surface area contributed by atoms with Crippen LogP contribution in [0.5, 0.6) is 0 Å². The van der Waals surface area contributed by atoms with E-state index < -0.39 is 12.1 Å². The van der Waals surface area contributed by atoms with Crippen LogP contribution in [0.25, 0.3) is 0 Å². The van der Waals surface area contributed by atoms with Crippen LogP contribution in [0.3, 0.4) is 0 Å². The fourth-order valence-electron chi connectivity index (χ4n) is 11.9. The third-order valence-corrected chi connectivity index (χ3v) is 17.7. The molecule has 2 atom stereocenters. The molecule has 0 saturated carbocycles. The number of aliphatic hydroxyl groups is 2. The Morgan fingerprint density at radius 1 is 0.337 bits per heavy atom. The average molecular weight is 1170 g/mol. The minimum atomic E-state index is -0.662. The Morgan fingerprint density at radius 2 is 0.602 bits per heavy atom. The maximum atomic E-state index is 12.5. The van der Waals surface area contributed by atoms with Gasteiger partial charge in [-0.2, -0.15) is 0 Å². The van der Waals surface area contributed by atoms with Crippen molar-refractivity contribution in [1.82, 2.24) is 5.32 Å². The van der Waals surface area contributed by atoms with Gasteiger partial charge < -0.3 is 20.3 Å². The normalized spacial score (nSPS) is 12.7. The van der Waals surface area contributed by atoms with Crippen molar-refractivity contribution in [2.75, 3.05) is 13.2 Å². The Labute approximate surface area is 519 Å². The number of nitrogens with one attached hydrogen (secondary N) is 1. The van der Waals surface area contributed by atoms with Crippen LogP contribution in [-0.4, -0.2) is 47.4 Å². The summed E-state index contributed by atoms with van der Waals surface area (Å²) in [5, 5.41) is 23.4. The molecular weight excluding hydrogens is 1020 g/mol. The van der Waals surface area contributed by atoms with Crippen LogP contribution in [0.4, 0.5) is 0 Å². The van der Waals surface area contributed by atoms with E-state index in [4.69, 9.17) is 4.74 Å². The van der Waals surface area contributed by atoms with Gasteiger partial charge in [0.1, 0.15) is 0 Å². The highest BCUT2D eigenvalue weighted by Crippen LogP contribution is 2.19. The molecule has 0 aliphatic carbocycles. The molecule has 0 saturated heterocycles. The number of carbonyl (C=O) groups excluding carboxylic acids is 2. The lowest BCUT2D eigenvalue weighted by molar-refractivity contribution is -0.143. The van der Waals surface area contributed by atoms with Crippen molar-refractivity contribution in [3.05, 3.63) is 36.5 Å². The average Bonchev–Trinajstić information content (AvgIpc) is 3.49. The Kier molecular flexibility index (Phi) is 70.9. The van der Waals surface area contributed by atoms with Gasteiger partial charge in [-0.3, -0.25) is 9.59 Å². The number of carbonyl (C=O) groups is 2. The molecule has 6 heteroatoms. The summed E-state index contributed by atoms with van der Waals surface area (Å²) in [6, 6.07) is -0.539. The number of hydrogen-bond acceptors (Lipinski definition) is 5. The van der Waals surface area contributed by atoms with Gasteiger partial charge in [0.15, 0.2) is 0 Å². The largest absolute Gasteiger partial charge is 0.466 e. The second-order valence-electron chi connectivity index (χ2n) is 26.0. The topological polar surface area (TPSA) is 95.9 Å². The van der Waals surface area contributed by atoms with E-state index in [0.29, 0.717) is 25.9 Å². The maximum absolute atomic E-state index is 12.5. The predicted octanol–water partition coefficient (Wildman–Crippen LogP) is 24.7. The van der Waals surface area contributed by atoms with Crippen molar-refractivity contribution in [2.24, 2.45) is 0 Å². The van der Waals surface area contributed by atoms with E-state index in [-0.39, 0.29) is 18.5 Å². The van der Waals surface area contributed by atoms with Gasteiger partial charge >= 0.3 is 5.97 Å². The van der Waals surface area contributed by atoms with Gasteiger partial charge in [0.05, 0.1) is 25.4 Å². The van der Waals surface area contributed by atoms with Crippen molar-refractivity contribution in [3.63, 3.8) is 0 Å². The number of aliphatic hydroxyl groups excluding tert-OH is 2. The van der Waals surface area contributed by atoms with Crippen molar-refractivity contribution < 1.29 is 24.5 Å². The first-order chi connectivity index (χ1) is 41.0. The standard InChI is InChI=1S/C77H147NO5/c1-3-5-7-9-11-13-15-17-18-42-46-49-53-57-61-65-69-75(80)74(73-79)78-76(81)70-66-62-58-54-50-47-43-40-38-36-34-32-30-28-26-24-22-20-19-21-23-25-27-29-31-33-35-37-39-41-44-48-52-56-60-64-68-72-83-77(82)71-67-63-59-55-51-45-16-14-12-10-8-6-4-2/h14,16,19,21,25,27,74-75,79-80H,3-13,15,17-18,20,22-24,26,28-73H2,1-2H3,(H,78,81)/b16-14-,21-19-,27-25-. The van der Waals surface area contributed by atoms with E-state index >= 15 is 0 Å². The third kappa shape index (κ3) is 69.1. The Hall–Kier alpha value is -1.92. The fourth-order valence-corrected chi connectivity index (χ4v) is 11.9. The van der Waals surface area contributed by atoms with E-state index in [1.807, 2.05) is 0 Å².